The molecule has 1 fully saturated rings. The summed E-state index contributed by atoms with van der Waals surface area (Å²) < 4.78 is 2.03. The lowest BCUT2D eigenvalue weighted by atomic mass is 9.85. The molecule has 0 spiro atoms. The van der Waals surface area contributed by atoms with Crippen LogP contribution in [0.15, 0.2) is 24.3 Å². The van der Waals surface area contributed by atoms with Crippen LogP contribution in [0, 0.1) is 0 Å². The van der Waals surface area contributed by atoms with Crippen LogP contribution >= 0.6 is 0 Å². The van der Waals surface area contributed by atoms with Gasteiger partial charge in [0.05, 0.1) is 0 Å². The molecule has 1 amide bonds. The molecule has 0 bridgehead atoms. The Bertz CT molecular complexity index is 653. The van der Waals surface area contributed by atoms with Crippen molar-refractivity contribution in [2.24, 2.45) is 5.73 Å². The quantitative estimate of drug-likeness (QED) is 0.938. The van der Waals surface area contributed by atoms with E-state index in [9.17, 15) is 4.79 Å². The Morgan fingerprint density at radius 1 is 1.29 bits per heavy atom. The predicted octanol–water partition coefficient (Wildman–Crippen LogP) is 2.89. The first-order valence-electron chi connectivity index (χ1n) is 7.43. The van der Waals surface area contributed by atoms with Crippen molar-refractivity contribution >= 4 is 5.91 Å². The van der Waals surface area contributed by atoms with Crippen LogP contribution in [-0.4, -0.2) is 20.7 Å². The summed E-state index contributed by atoms with van der Waals surface area (Å²) in [6, 6.07) is 7.44. The Hall–Kier alpha value is -2.17. The molecule has 2 N–H and O–H groups in total. The molecule has 1 aliphatic rings. The van der Waals surface area contributed by atoms with Crippen LogP contribution in [0.4, 0.5) is 0 Å². The summed E-state index contributed by atoms with van der Waals surface area (Å²) in [4.78, 5) is 15.9. The normalized spacial score (nSPS) is 15.2. The van der Waals surface area contributed by atoms with Crippen molar-refractivity contribution in [3.8, 4) is 11.4 Å². The van der Waals surface area contributed by atoms with Gasteiger partial charge in [-0.15, -0.1) is 0 Å². The van der Waals surface area contributed by atoms with Gasteiger partial charge in [0.1, 0.15) is 5.82 Å². The van der Waals surface area contributed by atoms with Crippen LogP contribution in [0.2, 0.25) is 0 Å². The Balaban J connectivity index is 1.96. The Labute approximate surface area is 124 Å². The summed E-state index contributed by atoms with van der Waals surface area (Å²) >= 11 is 0. The lowest BCUT2D eigenvalue weighted by molar-refractivity contribution is 0.100. The van der Waals surface area contributed by atoms with Gasteiger partial charge in [-0.3, -0.25) is 4.79 Å². The highest BCUT2D eigenvalue weighted by Crippen LogP contribution is 2.37. The van der Waals surface area contributed by atoms with E-state index >= 15 is 0 Å². The molecule has 110 valence electrons. The molecular formula is C16H20N4O. The molecule has 0 radical (unpaired) electrons. The molecule has 5 heteroatoms. The van der Waals surface area contributed by atoms with Gasteiger partial charge in [0.2, 0.25) is 5.91 Å². The Morgan fingerprint density at radius 2 is 1.95 bits per heavy atom. The van der Waals surface area contributed by atoms with E-state index in [0.29, 0.717) is 17.5 Å². The van der Waals surface area contributed by atoms with Gasteiger partial charge in [0.15, 0.2) is 5.82 Å². The van der Waals surface area contributed by atoms with Crippen molar-refractivity contribution in [2.45, 2.75) is 45.1 Å². The molecule has 0 unspecified atom stereocenters. The molecule has 0 aliphatic heterocycles. The van der Waals surface area contributed by atoms with E-state index in [1.54, 1.807) is 12.1 Å². The lowest BCUT2D eigenvalue weighted by Gasteiger charge is -2.25. The number of amides is 1. The molecule has 1 aromatic carbocycles. The first-order chi connectivity index (χ1) is 10.1. The molecule has 0 atom stereocenters. The van der Waals surface area contributed by atoms with Gasteiger partial charge in [-0.05, 0) is 38.8 Å². The van der Waals surface area contributed by atoms with Crippen molar-refractivity contribution in [1.29, 1.82) is 0 Å². The third-order valence-electron chi connectivity index (χ3n) is 4.04. The molecule has 21 heavy (non-hydrogen) atoms. The van der Waals surface area contributed by atoms with E-state index in [4.69, 9.17) is 10.7 Å². The van der Waals surface area contributed by atoms with E-state index in [1.165, 1.54) is 19.3 Å². The summed E-state index contributed by atoms with van der Waals surface area (Å²) in [6.45, 7) is 4.24. The fourth-order valence-corrected chi connectivity index (χ4v) is 2.57. The molecular weight excluding hydrogens is 264 g/mol. The highest BCUT2D eigenvalue weighted by Gasteiger charge is 2.27. The van der Waals surface area contributed by atoms with Crippen LogP contribution in [-0.2, 0) is 0 Å². The third kappa shape index (κ3) is 2.55. The number of carbonyl (C=O) groups excluding carboxylic acids is 1. The summed E-state index contributed by atoms with van der Waals surface area (Å²) in [6.07, 6.45) is 3.68. The number of aromatic nitrogens is 3. The summed E-state index contributed by atoms with van der Waals surface area (Å²) in [7, 11) is 0. The lowest BCUT2D eigenvalue weighted by Crippen LogP contribution is -2.17. The smallest absolute Gasteiger partial charge is 0.248 e. The van der Waals surface area contributed by atoms with E-state index in [-0.39, 0.29) is 0 Å². The molecule has 1 aliphatic carbocycles. The minimum Gasteiger partial charge on any atom is -0.366 e. The number of carbonyl (C=O) groups is 1. The highest BCUT2D eigenvalue weighted by molar-refractivity contribution is 5.93. The number of primary amides is 1. The number of rotatable bonds is 4. The van der Waals surface area contributed by atoms with Crippen LogP contribution in [0.25, 0.3) is 11.4 Å². The van der Waals surface area contributed by atoms with Gasteiger partial charge < -0.3 is 5.73 Å². The van der Waals surface area contributed by atoms with Gasteiger partial charge in [-0.2, -0.15) is 5.10 Å². The van der Waals surface area contributed by atoms with Gasteiger partial charge in [-0.1, -0.05) is 18.6 Å². The van der Waals surface area contributed by atoms with Gasteiger partial charge in [0.25, 0.3) is 0 Å². The molecule has 5 nitrogen and oxygen atoms in total. The molecule has 3 rings (SSSR count). The second-order valence-corrected chi connectivity index (χ2v) is 5.90. The number of hydrogen-bond acceptors (Lipinski definition) is 3. The van der Waals surface area contributed by atoms with E-state index < -0.39 is 5.91 Å². The second kappa shape index (κ2) is 5.31. The van der Waals surface area contributed by atoms with Crippen molar-refractivity contribution in [1.82, 2.24) is 14.8 Å². The molecule has 0 saturated heterocycles. The van der Waals surface area contributed by atoms with E-state index in [0.717, 1.165) is 17.2 Å². The molecule has 2 aromatic rings. The first kappa shape index (κ1) is 13.8. The fraction of sp³-hybridized carbons (Fsp3) is 0.438. The maximum atomic E-state index is 11.1. The zero-order chi connectivity index (χ0) is 15.0. The number of nitrogens with two attached hydrogens (primary N) is 1. The fourth-order valence-electron chi connectivity index (χ4n) is 2.57. The minimum absolute atomic E-state index is 0.298. The monoisotopic (exact) mass is 284 g/mol. The molecule has 1 aromatic heterocycles. The summed E-state index contributed by atoms with van der Waals surface area (Å²) in [5.74, 6) is 1.93. The van der Waals surface area contributed by atoms with Crippen molar-refractivity contribution < 1.29 is 4.79 Å². The average Bonchev–Trinajstić information content (AvgIpc) is 2.81. The van der Waals surface area contributed by atoms with Gasteiger partial charge in [-0.25, -0.2) is 9.67 Å². The van der Waals surface area contributed by atoms with Crippen LogP contribution in [0.1, 0.15) is 61.3 Å². The van der Waals surface area contributed by atoms with Crippen LogP contribution in [0.5, 0.6) is 0 Å². The number of nitrogens with zero attached hydrogens (tertiary/aromatic N) is 3. The van der Waals surface area contributed by atoms with Crippen LogP contribution < -0.4 is 5.73 Å². The molecule has 1 heterocycles. The predicted molar refractivity (Wildman–Crippen MR) is 81.0 cm³/mol. The summed E-state index contributed by atoms with van der Waals surface area (Å²) in [5.41, 5.74) is 6.68. The largest absolute Gasteiger partial charge is 0.366 e. The van der Waals surface area contributed by atoms with Crippen molar-refractivity contribution in [3.05, 3.63) is 35.7 Å². The number of benzene rings is 1. The Morgan fingerprint density at radius 3 is 2.43 bits per heavy atom. The first-order valence-corrected chi connectivity index (χ1v) is 7.43. The third-order valence-corrected chi connectivity index (χ3v) is 4.04. The van der Waals surface area contributed by atoms with E-state index in [2.05, 4.69) is 18.9 Å². The van der Waals surface area contributed by atoms with Crippen molar-refractivity contribution in [2.75, 3.05) is 0 Å². The van der Waals surface area contributed by atoms with Gasteiger partial charge >= 0.3 is 0 Å². The zero-order valence-electron chi connectivity index (χ0n) is 12.4. The van der Waals surface area contributed by atoms with E-state index in [1.807, 2.05) is 16.8 Å². The zero-order valence-corrected chi connectivity index (χ0v) is 12.4. The maximum absolute atomic E-state index is 11.1. The SMILES string of the molecule is CC(C)n1nc(-c2ccc(C(N)=O)cc2)nc1C1CCC1. The summed E-state index contributed by atoms with van der Waals surface area (Å²) in [5, 5.41) is 4.65. The van der Waals surface area contributed by atoms with Crippen LogP contribution in [0.3, 0.4) is 0 Å². The highest BCUT2D eigenvalue weighted by atomic mass is 16.1. The Kier molecular flexibility index (Phi) is 3.49. The number of hydrogen-bond donors (Lipinski definition) is 1. The average molecular weight is 284 g/mol. The van der Waals surface area contributed by atoms with Crippen molar-refractivity contribution in [3.63, 3.8) is 0 Å². The standard InChI is InChI=1S/C16H20N4O/c1-10(2)20-16(13-4-3-5-13)18-15(19-20)12-8-6-11(7-9-12)14(17)21/h6-10,13H,3-5H2,1-2H3,(H2,17,21). The molecule has 1 saturated carbocycles. The minimum atomic E-state index is -0.419. The van der Waals surface area contributed by atoms with Gasteiger partial charge in [0, 0.05) is 23.1 Å². The second-order valence-electron chi connectivity index (χ2n) is 5.90. The topological polar surface area (TPSA) is 73.8 Å². The maximum Gasteiger partial charge on any atom is 0.248 e.